The lowest BCUT2D eigenvalue weighted by molar-refractivity contribution is -0.132. The maximum atomic E-state index is 12.4. The summed E-state index contributed by atoms with van der Waals surface area (Å²) in [7, 11) is 1.64. The first-order valence-electron chi connectivity index (χ1n) is 8.26. The molecule has 25 heavy (non-hydrogen) atoms. The van der Waals surface area contributed by atoms with Gasteiger partial charge in [0.05, 0.1) is 18.1 Å². The van der Waals surface area contributed by atoms with Crippen LogP contribution in [-0.4, -0.2) is 51.6 Å². The molecule has 0 bridgehead atoms. The number of rotatable bonds is 5. The molecule has 0 saturated carbocycles. The average Bonchev–Trinajstić information content (AvgIpc) is 3.29. The second-order valence-corrected chi connectivity index (χ2v) is 6.36. The Bertz CT molecular complexity index is 756. The highest BCUT2D eigenvalue weighted by molar-refractivity contribution is 6.32. The Hall–Kier alpha value is -2.41. The SMILES string of the molecule is CN(C(=O)CCC(=O)N1CCCC1)c1cn(-c2cccnc2)nc1Cl. The minimum Gasteiger partial charge on any atom is -0.343 e. The van der Waals surface area contributed by atoms with Crippen molar-refractivity contribution in [3.8, 4) is 5.69 Å². The predicted molar refractivity (Wildman–Crippen MR) is 94.8 cm³/mol. The van der Waals surface area contributed by atoms with Gasteiger partial charge in [-0.3, -0.25) is 14.6 Å². The summed E-state index contributed by atoms with van der Waals surface area (Å²) in [6, 6.07) is 3.64. The summed E-state index contributed by atoms with van der Waals surface area (Å²) in [5, 5.41) is 4.44. The Balaban J connectivity index is 1.64. The van der Waals surface area contributed by atoms with Gasteiger partial charge in [-0.2, -0.15) is 5.10 Å². The van der Waals surface area contributed by atoms with Gasteiger partial charge in [0.15, 0.2) is 5.15 Å². The van der Waals surface area contributed by atoms with E-state index in [2.05, 4.69) is 10.1 Å². The number of hydrogen-bond donors (Lipinski definition) is 0. The number of likely N-dealkylation sites (tertiary alicyclic amines) is 1. The highest BCUT2D eigenvalue weighted by Gasteiger charge is 2.22. The predicted octanol–water partition coefficient (Wildman–Crippen LogP) is 2.29. The molecule has 132 valence electrons. The first-order chi connectivity index (χ1) is 12.1. The van der Waals surface area contributed by atoms with Crippen LogP contribution in [0.25, 0.3) is 5.69 Å². The minimum atomic E-state index is -0.166. The van der Waals surface area contributed by atoms with Crippen molar-refractivity contribution < 1.29 is 9.59 Å². The van der Waals surface area contributed by atoms with Crippen LogP contribution >= 0.6 is 11.6 Å². The van der Waals surface area contributed by atoms with Gasteiger partial charge in [0, 0.05) is 39.2 Å². The van der Waals surface area contributed by atoms with E-state index in [0.717, 1.165) is 31.6 Å². The van der Waals surface area contributed by atoms with E-state index < -0.39 is 0 Å². The number of carbonyl (C=O) groups is 2. The third-order valence-corrected chi connectivity index (χ3v) is 4.58. The Morgan fingerprint density at radius 2 is 2.04 bits per heavy atom. The number of nitrogens with zero attached hydrogens (tertiary/aromatic N) is 5. The van der Waals surface area contributed by atoms with E-state index in [9.17, 15) is 9.59 Å². The van der Waals surface area contributed by atoms with Crippen molar-refractivity contribution >= 4 is 29.1 Å². The van der Waals surface area contributed by atoms with Crippen LogP contribution in [0, 0.1) is 0 Å². The van der Waals surface area contributed by atoms with Gasteiger partial charge in [-0.15, -0.1) is 0 Å². The zero-order valence-electron chi connectivity index (χ0n) is 14.1. The average molecular weight is 362 g/mol. The fourth-order valence-electron chi connectivity index (χ4n) is 2.83. The van der Waals surface area contributed by atoms with Crippen molar-refractivity contribution in [1.82, 2.24) is 19.7 Å². The van der Waals surface area contributed by atoms with Crippen LogP contribution in [-0.2, 0) is 9.59 Å². The summed E-state index contributed by atoms with van der Waals surface area (Å²) in [6.07, 6.45) is 7.47. The summed E-state index contributed by atoms with van der Waals surface area (Å²) < 4.78 is 1.57. The number of pyridine rings is 1. The summed E-state index contributed by atoms with van der Waals surface area (Å²) >= 11 is 6.18. The molecule has 1 saturated heterocycles. The van der Waals surface area contributed by atoms with Crippen LogP contribution in [0.15, 0.2) is 30.7 Å². The van der Waals surface area contributed by atoms with E-state index in [1.165, 1.54) is 4.90 Å². The first-order valence-corrected chi connectivity index (χ1v) is 8.64. The number of hydrogen-bond acceptors (Lipinski definition) is 4. The highest BCUT2D eigenvalue weighted by atomic mass is 35.5. The summed E-state index contributed by atoms with van der Waals surface area (Å²) in [5.74, 6) is -0.128. The Labute approximate surface area is 151 Å². The zero-order chi connectivity index (χ0) is 17.8. The van der Waals surface area contributed by atoms with Crippen LogP contribution < -0.4 is 4.90 Å². The molecule has 1 fully saturated rings. The molecule has 0 spiro atoms. The molecule has 0 atom stereocenters. The molecule has 0 unspecified atom stereocenters. The summed E-state index contributed by atoms with van der Waals surface area (Å²) in [4.78, 5) is 31.8. The Morgan fingerprint density at radius 1 is 1.28 bits per heavy atom. The smallest absolute Gasteiger partial charge is 0.227 e. The summed E-state index contributed by atoms with van der Waals surface area (Å²) in [6.45, 7) is 1.60. The lowest BCUT2D eigenvalue weighted by Gasteiger charge is -2.18. The molecule has 0 radical (unpaired) electrons. The largest absolute Gasteiger partial charge is 0.343 e. The number of carbonyl (C=O) groups excluding carboxylic acids is 2. The Morgan fingerprint density at radius 3 is 2.72 bits per heavy atom. The van der Waals surface area contributed by atoms with Crippen molar-refractivity contribution in [2.75, 3.05) is 25.0 Å². The van der Waals surface area contributed by atoms with Gasteiger partial charge in [-0.25, -0.2) is 4.68 Å². The summed E-state index contributed by atoms with van der Waals surface area (Å²) in [5.41, 5.74) is 1.25. The zero-order valence-corrected chi connectivity index (χ0v) is 14.8. The molecule has 8 heteroatoms. The van der Waals surface area contributed by atoms with Crippen LogP contribution in [0.5, 0.6) is 0 Å². The lowest BCUT2D eigenvalue weighted by Crippen LogP contribution is -2.31. The fraction of sp³-hybridized carbons (Fsp3) is 0.412. The number of aromatic nitrogens is 3. The van der Waals surface area contributed by atoms with Crippen molar-refractivity contribution in [2.24, 2.45) is 0 Å². The minimum absolute atomic E-state index is 0.0383. The van der Waals surface area contributed by atoms with E-state index in [-0.39, 0.29) is 29.8 Å². The number of halogens is 1. The third kappa shape index (κ3) is 3.99. The van der Waals surface area contributed by atoms with E-state index in [1.807, 2.05) is 11.0 Å². The van der Waals surface area contributed by atoms with Gasteiger partial charge in [0.1, 0.15) is 5.69 Å². The number of amides is 2. The second-order valence-electron chi connectivity index (χ2n) is 6.00. The van der Waals surface area contributed by atoms with Crippen LogP contribution in [0.1, 0.15) is 25.7 Å². The molecule has 7 nitrogen and oxygen atoms in total. The molecule has 0 aromatic carbocycles. The molecule has 2 aromatic heterocycles. The van der Waals surface area contributed by atoms with Crippen LogP contribution in [0.2, 0.25) is 5.15 Å². The maximum Gasteiger partial charge on any atom is 0.227 e. The van der Waals surface area contributed by atoms with Crippen molar-refractivity contribution in [3.63, 3.8) is 0 Å². The van der Waals surface area contributed by atoms with Gasteiger partial charge < -0.3 is 9.80 Å². The van der Waals surface area contributed by atoms with Gasteiger partial charge in [0.25, 0.3) is 0 Å². The van der Waals surface area contributed by atoms with E-state index in [0.29, 0.717) is 5.69 Å². The highest BCUT2D eigenvalue weighted by Crippen LogP contribution is 2.25. The third-order valence-electron chi connectivity index (χ3n) is 4.31. The monoisotopic (exact) mass is 361 g/mol. The van der Waals surface area contributed by atoms with Crippen molar-refractivity contribution in [2.45, 2.75) is 25.7 Å². The first kappa shape index (κ1) is 17.4. The van der Waals surface area contributed by atoms with Gasteiger partial charge >= 0.3 is 0 Å². The molecule has 1 aliphatic rings. The topological polar surface area (TPSA) is 71.3 Å². The second kappa shape index (κ2) is 7.65. The van der Waals surface area contributed by atoms with E-state index in [4.69, 9.17) is 11.6 Å². The standard InChI is InChI=1S/C17H20ClN5O2/c1-21(15(24)6-7-16(25)22-9-2-3-10-22)14-12-23(20-17(14)18)13-5-4-8-19-11-13/h4-5,8,11-12H,2-3,6-7,9-10H2,1H3. The van der Waals surface area contributed by atoms with E-state index in [1.54, 1.807) is 36.4 Å². The van der Waals surface area contributed by atoms with Gasteiger partial charge in [0.2, 0.25) is 11.8 Å². The molecular weight excluding hydrogens is 342 g/mol. The molecule has 2 aromatic rings. The molecular formula is C17H20ClN5O2. The van der Waals surface area contributed by atoms with Crippen LogP contribution in [0.3, 0.4) is 0 Å². The van der Waals surface area contributed by atoms with Gasteiger partial charge in [-0.1, -0.05) is 11.6 Å². The fourth-order valence-corrected chi connectivity index (χ4v) is 3.09. The van der Waals surface area contributed by atoms with Gasteiger partial charge in [-0.05, 0) is 25.0 Å². The molecule has 3 heterocycles. The van der Waals surface area contributed by atoms with Crippen molar-refractivity contribution in [1.29, 1.82) is 0 Å². The maximum absolute atomic E-state index is 12.4. The molecule has 0 aliphatic carbocycles. The number of anilines is 1. The molecule has 2 amide bonds. The van der Waals surface area contributed by atoms with E-state index >= 15 is 0 Å². The quantitative estimate of drug-likeness (QED) is 0.819. The van der Waals surface area contributed by atoms with Crippen LogP contribution in [0.4, 0.5) is 5.69 Å². The molecule has 3 rings (SSSR count). The Kier molecular flexibility index (Phi) is 5.33. The molecule has 1 aliphatic heterocycles. The lowest BCUT2D eigenvalue weighted by atomic mass is 10.2. The molecule has 0 N–H and O–H groups in total. The van der Waals surface area contributed by atoms with Crippen molar-refractivity contribution in [3.05, 3.63) is 35.9 Å². The normalized spacial score (nSPS) is 13.9.